The van der Waals surface area contributed by atoms with Crippen molar-refractivity contribution in [3.05, 3.63) is 126 Å². The third-order valence-corrected chi connectivity index (χ3v) is 9.38. The number of aromatic nitrogens is 3. The van der Waals surface area contributed by atoms with E-state index in [2.05, 4.69) is 59.8 Å². The lowest BCUT2D eigenvalue weighted by molar-refractivity contribution is 0.630. The highest BCUT2D eigenvalue weighted by Gasteiger charge is 2.36. The van der Waals surface area contributed by atoms with Gasteiger partial charge in [-0.25, -0.2) is 9.97 Å². The average Bonchev–Trinajstić information content (AvgIpc) is 3.65. The van der Waals surface area contributed by atoms with Crippen LogP contribution in [0.15, 0.2) is 115 Å². The molecule has 0 unspecified atom stereocenters. The predicted octanol–water partition coefficient (Wildman–Crippen LogP) is 9.91. The van der Waals surface area contributed by atoms with E-state index in [1.807, 2.05) is 24.3 Å². The van der Waals surface area contributed by atoms with Gasteiger partial charge in [-0.3, -0.25) is 0 Å². The fourth-order valence-corrected chi connectivity index (χ4v) is 7.56. The molecule has 0 N–H and O–H groups in total. The SMILES string of the molecule is [2H]c1c([2H])c([2H])c(-c2nc(-c3ccc4c(c3)C(C)(C)c3cccc5c6c7ccccc7sc6n-4c35)nc3c([2H])c([2H])c([2H])c([2H])c23)c([2H])c1[2H]. The highest BCUT2D eigenvalue weighted by atomic mass is 32.1. The van der Waals surface area contributed by atoms with Gasteiger partial charge in [0.05, 0.1) is 34.8 Å². The zero-order valence-corrected chi connectivity index (χ0v) is 22.8. The van der Waals surface area contributed by atoms with Crippen molar-refractivity contribution in [2.75, 3.05) is 0 Å². The predicted molar refractivity (Wildman–Crippen MR) is 172 cm³/mol. The van der Waals surface area contributed by atoms with Crippen LogP contribution in [0.3, 0.4) is 0 Å². The van der Waals surface area contributed by atoms with Crippen LogP contribution < -0.4 is 0 Å². The summed E-state index contributed by atoms with van der Waals surface area (Å²) in [4.78, 5) is 10.6. The molecule has 41 heavy (non-hydrogen) atoms. The molecule has 8 aromatic rings. The molecule has 0 radical (unpaired) electrons. The van der Waals surface area contributed by atoms with Crippen molar-refractivity contribution in [1.29, 1.82) is 0 Å². The van der Waals surface area contributed by atoms with Crippen LogP contribution in [-0.2, 0) is 5.41 Å². The molecule has 1 aliphatic rings. The molecule has 0 aliphatic carbocycles. The van der Waals surface area contributed by atoms with E-state index in [9.17, 15) is 0 Å². The summed E-state index contributed by atoms with van der Waals surface area (Å²) in [5, 5.41) is 3.49. The molecular formula is C37H25N3S. The number of hydrogen-bond donors (Lipinski definition) is 0. The lowest BCUT2D eigenvalue weighted by Gasteiger charge is -2.35. The minimum absolute atomic E-state index is 0.103. The molecule has 0 saturated carbocycles. The Kier molecular flexibility index (Phi) is 3.14. The van der Waals surface area contributed by atoms with Gasteiger partial charge in [0.25, 0.3) is 0 Å². The van der Waals surface area contributed by atoms with Crippen LogP contribution in [0, 0.1) is 0 Å². The van der Waals surface area contributed by atoms with Gasteiger partial charge in [0.2, 0.25) is 0 Å². The zero-order valence-electron chi connectivity index (χ0n) is 31.0. The Hall–Kier alpha value is -4.80. The minimum atomic E-state index is -0.576. The lowest BCUT2D eigenvalue weighted by Crippen LogP contribution is -2.26. The zero-order chi connectivity index (χ0) is 35.1. The van der Waals surface area contributed by atoms with E-state index in [1.165, 1.54) is 20.9 Å². The van der Waals surface area contributed by atoms with Crippen molar-refractivity contribution in [3.8, 4) is 28.3 Å². The Balaban J connectivity index is 1.36. The van der Waals surface area contributed by atoms with Crippen LogP contribution in [0.1, 0.15) is 37.3 Å². The number of nitrogens with zero attached hydrogens (tertiary/aromatic N) is 3. The number of para-hydroxylation sites is 2. The number of thiophene rings is 1. The first kappa shape index (κ1) is 15.8. The van der Waals surface area contributed by atoms with Crippen molar-refractivity contribution < 1.29 is 12.3 Å². The molecule has 9 rings (SSSR count). The van der Waals surface area contributed by atoms with Gasteiger partial charge in [-0.05, 0) is 41.4 Å². The molecule has 4 heterocycles. The summed E-state index contributed by atoms with van der Waals surface area (Å²) in [5.41, 5.74) is 3.86. The molecule has 4 heteroatoms. The number of hydrogen-bond acceptors (Lipinski definition) is 3. The highest BCUT2D eigenvalue weighted by molar-refractivity contribution is 7.25. The fourth-order valence-electron chi connectivity index (χ4n) is 6.32. The van der Waals surface area contributed by atoms with Gasteiger partial charge in [0.1, 0.15) is 4.83 Å². The van der Waals surface area contributed by atoms with Gasteiger partial charge < -0.3 is 4.57 Å². The van der Waals surface area contributed by atoms with E-state index in [1.54, 1.807) is 11.3 Å². The number of rotatable bonds is 2. The highest BCUT2D eigenvalue weighted by Crippen LogP contribution is 2.51. The molecule has 3 aromatic heterocycles. The quantitative estimate of drug-likeness (QED) is 0.214. The van der Waals surface area contributed by atoms with Crippen molar-refractivity contribution in [2.24, 2.45) is 0 Å². The molecule has 194 valence electrons. The van der Waals surface area contributed by atoms with Gasteiger partial charge in [0, 0.05) is 42.8 Å². The summed E-state index contributed by atoms with van der Waals surface area (Å²) >= 11 is 1.74. The van der Waals surface area contributed by atoms with Crippen LogP contribution in [0.4, 0.5) is 0 Å². The molecule has 1 aliphatic heterocycles. The lowest BCUT2D eigenvalue weighted by atomic mass is 9.74. The maximum Gasteiger partial charge on any atom is 0.160 e. The maximum absolute atomic E-state index is 8.75. The monoisotopic (exact) mass is 552 g/mol. The van der Waals surface area contributed by atoms with E-state index < -0.39 is 59.8 Å². The second kappa shape index (κ2) is 8.12. The topological polar surface area (TPSA) is 30.7 Å². The van der Waals surface area contributed by atoms with Crippen LogP contribution in [0.25, 0.3) is 70.4 Å². The van der Waals surface area contributed by atoms with Gasteiger partial charge in [0.15, 0.2) is 5.82 Å². The fraction of sp³-hybridized carbons (Fsp3) is 0.0811. The standard InChI is InChI=1S/C37H25N3S/c1-37(2)27-16-10-15-26-32-25-14-7-9-18-31(25)41-36(32)40(34(26)27)30-20-19-23(21-28(30)37)35-38-29-17-8-6-13-24(29)33(39-35)22-11-4-3-5-12-22/h3-21H,1-2H3/i3D,4D,5D,6D,8D,11D,12D,13D,17D. The molecule has 0 spiro atoms. The second-order valence-corrected chi connectivity index (χ2v) is 11.8. The van der Waals surface area contributed by atoms with E-state index in [-0.39, 0.29) is 28.0 Å². The number of fused-ring (bicyclic) bond motifs is 8. The second-order valence-electron chi connectivity index (χ2n) is 10.8. The Bertz CT molecular complexity index is 2830. The van der Waals surface area contributed by atoms with Gasteiger partial charge in [-0.1, -0.05) is 98.6 Å². The van der Waals surface area contributed by atoms with E-state index in [0.717, 1.165) is 27.2 Å². The van der Waals surface area contributed by atoms with Gasteiger partial charge in [-0.2, -0.15) is 0 Å². The van der Waals surface area contributed by atoms with Crippen LogP contribution in [-0.4, -0.2) is 14.5 Å². The van der Waals surface area contributed by atoms with Gasteiger partial charge >= 0.3 is 0 Å². The largest absolute Gasteiger partial charge is 0.300 e. The number of benzene rings is 5. The van der Waals surface area contributed by atoms with Gasteiger partial charge in [-0.15, -0.1) is 11.3 Å². The van der Waals surface area contributed by atoms with Crippen molar-refractivity contribution >= 4 is 53.4 Å². The molecule has 0 bridgehead atoms. The molecule has 0 fully saturated rings. The first-order valence-corrected chi connectivity index (χ1v) is 14.1. The van der Waals surface area contributed by atoms with Crippen LogP contribution in [0.5, 0.6) is 0 Å². The first-order chi connectivity index (χ1) is 23.8. The molecule has 0 atom stereocenters. The Morgan fingerprint density at radius 3 is 2.44 bits per heavy atom. The minimum Gasteiger partial charge on any atom is -0.300 e. The normalized spacial score (nSPS) is 16.9. The van der Waals surface area contributed by atoms with Crippen molar-refractivity contribution in [3.63, 3.8) is 0 Å². The van der Waals surface area contributed by atoms with Crippen LogP contribution in [0.2, 0.25) is 0 Å². The summed E-state index contributed by atoms with van der Waals surface area (Å²) in [6, 6.07) is 16.0. The summed E-state index contributed by atoms with van der Waals surface area (Å²) in [7, 11) is 0. The van der Waals surface area contributed by atoms with E-state index in [0.29, 0.717) is 5.56 Å². The molecule has 0 amide bonds. The summed E-state index contributed by atoms with van der Waals surface area (Å²) in [6.07, 6.45) is 0. The maximum atomic E-state index is 8.75. The smallest absolute Gasteiger partial charge is 0.160 e. The van der Waals surface area contributed by atoms with Crippen molar-refractivity contribution in [1.82, 2.24) is 14.5 Å². The molecule has 5 aromatic carbocycles. The molecular weight excluding hydrogens is 518 g/mol. The van der Waals surface area contributed by atoms with Crippen molar-refractivity contribution in [2.45, 2.75) is 19.3 Å². The molecule has 0 saturated heterocycles. The first-order valence-electron chi connectivity index (χ1n) is 17.8. The summed E-state index contributed by atoms with van der Waals surface area (Å²) in [6.45, 7) is 4.34. The Labute approximate surface area is 254 Å². The third kappa shape index (κ3) is 3.08. The Morgan fingerprint density at radius 1 is 0.732 bits per heavy atom. The summed E-state index contributed by atoms with van der Waals surface area (Å²) < 4.78 is 79.9. The van der Waals surface area contributed by atoms with E-state index >= 15 is 0 Å². The van der Waals surface area contributed by atoms with Crippen LogP contribution >= 0.6 is 11.3 Å². The summed E-state index contributed by atoms with van der Waals surface area (Å²) in [5.74, 6) is 0.103. The molecule has 3 nitrogen and oxygen atoms in total. The third-order valence-electron chi connectivity index (χ3n) is 8.23. The average molecular weight is 553 g/mol. The Morgan fingerprint density at radius 2 is 1.54 bits per heavy atom. The van der Waals surface area contributed by atoms with E-state index in [4.69, 9.17) is 17.3 Å².